The van der Waals surface area contributed by atoms with Crippen LogP contribution in [-0.4, -0.2) is 17.9 Å². The molecule has 104 valence electrons. The third-order valence-electron chi connectivity index (χ3n) is 2.74. The first-order chi connectivity index (χ1) is 8.90. The van der Waals surface area contributed by atoms with E-state index in [0.717, 1.165) is 5.56 Å². The third-order valence-corrected chi connectivity index (χ3v) is 2.74. The molecule has 1 rings (SSSR count). The van der Waals surface area contributed by atoms with Gasteiger partial charge in [0.1, 0.15) is 0 Å². The Hall–Kier alpha value is -1.88. The molecular weight excluding hydrogens is 242 g/mol. The van der Waals surface area contributed by atoms with Gasteiger partial charge < -0.3 is 16.8 Å². The minimum atomic E-state index is -0.501. The van der Waals surface area contributed by atoms with Crippen molar-refractivity contribution in [2.45, 2.75) is 32.9 Å². The number of primary amides is 1. The first-order valence-electron chi connectivity index (χ1n) is 6.32. The minimum absolute atomic E-state index is 0.182. The van der Waals surface area contributed by atoms with E-state index in [2.05, 4.69) is 5.32 Å². The van der Waals surface area contributed by atoms with E-state index in [1.54, 1.807) is 18.2 Å². The maximum Gasteiger partial charge on any atom is 0.248 e. The van der Waals surface area contributed by atoms with Gasteiger partial charge in [0, 0.05) is 12.1 Å². The summed E-state index contributed by atoms with van der Waals surface area (Å²) in [7, 11) is 0. The van der Waals surface area contributed by atoms with Crippen LogP contribution in [0.3, 0.4) is 0 Å². The zero-order valence-electron chi connectivity index (χ0n) is 11.3. The Kier molecular flexibility index (Phi) is 5.51. The van der Waals surface area contributed by atoms with E-state index in [-0.39, 0.29) is 5.91 Å². The van der Waals surface area contributed by atoms with Crippen LogP contribution in [0.5, 0.6) is 0 Å². The highest BCUT2D eigenvalue weighted by Gasteiger charge is 2.14. The molecule has 0 unspecified atom stereocenters. The maximum atomic E-state index is 11.7. The average Bonchev–Trinajstić information content (AvgIpc) is 2.35. The summed E-state index contributed by atoms with van der Waals surface area (Å²) >= 11 is 0. The zero-order valence-corrected chi connectivity index (χ0v) is 11.3. The zero-order chi connectivity index (χ0) is 14.4. The van der Waals surface area contributed by atoms with Crippen LogP contribution in [-0.2, 0) is 11.3 Å². The van der Waals surface area contributed by atoms with E-state index >= 15 is 0 Å². The monoisotopic (exact) mass is 263 g/mol. The molecule has 0 spiro atoms. The SMILES string of the molecule is CC(C)C[C@@H](N)C(=O)NCc1cccc(C(N)=O)c1. The fraction of sp³-hybridized carbons (Fsp3) is 0.429. The van der Waals surface area contributed by atoms with Gasteiger partial charge in [-0.15, -0.1) is 0 Å². The van der Waals surface area contributed by atoms with Gasteiger partial charge in [-0.1, -0.05) is 26.0 Å². The highest BCUT2D eigenvalue weighted by Crippen LogP contribution is 2.06. The van der Waals surface area contributed by atoms with Crippen LogP contribution in [0.2, 0.25) is 0 Å². The molecule has 1 aromatic carbocycles. The van der Waals surface area contributed by atoms with Crippen molar-refractivity contribution in [3.05, 3.63) is 35.4 Å². The standard InChI is InChI=1S/C14H21N3O2/c1-9(2)6-12(15)14(19)17-8-10-4-3-5-11(7-10)13(16)18/h3-5,7,9,12H,6,8,15H2,1-2H3,(H2,16,18)(H,17,19)/t12-/m1/s1. The summed E-state index contributed by atoms with van der Waals surface area (Å²) in [6, 6.07) is 6.35. The predicted molar refractivity (Wildman–Crippen MR) is 74.2 cm³/mol. The number of benzene rings is 1. The van der Waals surface area contributed by atoms with Crippen molar-refractivity contribution in [3.8, 4) is 0 Å². The van der Waals surface area contributed by atoms with Crippen LogP contribution in [0.4, 0.5) is 0 Å². The fourth-order valence-corrected chi connectivity index (χ4v) is 1.77. The maximum absolute atomic E-state index is 11.7. The quantitative estimate of drug-likeness (QED) is 0.707. The van der Waals surface area contributed by atoms with Crippen molar-refractivity contribution in [1.29, 1.82) is 0 Å². The first-order valence-corrected chi connectivity index (χ1v) is 6.32. The van der Waals surface area contributed by atoms with E-state index in [1.807, 2.05) is 19.9 Å². The van der Waals surface area contributed by atoms with Crippen molar-refractivity contribution >= 4 is 11.8 Å². The van der Waals surface area contributed by atoms with Gasteiger partial charge in [0.15, 0.2) is 0 Å². The molecule has 0 aliphatic rings. The molecule has 0 saturated heterocycles. The lowest BCUT2D eigenvalue weighted by molar-refractivity contribution is -0.122. The summed E-state index contributed by atoms with van der Waals surface area (Å²) in [6.45, 7) is 4.37. The van der Waals surface area contributed by atoms with Crippen molar-refractivity contribution in [1.82, 2.24) is 5.32 Å². The van der Waals surface area contributed by atoms with Crippen LogP contribution in [0.25, 0.3) is 0 Å². The Morgan fingerprint density at radius 1 is 1.32 bits per heavy atom. The lowest BCUT2D eigenvalue weighted by Crippen LogP contribution is -2.41. The average molecular weight is 263 g/mol. The summed E-state index contributed by atoms with van der Waals surface area (Å²) in [4.78, 5) is 22.8. The van der Waals surface area contributed by atoms with Crippen LogP contribution >= 0.6 is 0 Å². The molecule has 0 fully saturated rings. The topological polar surface area (TPSA) is 98.2 Å². The van der Waals surface area contributed by atoms with Crippen molar-refractivity contribution in [2.75, 3.05) is 0 Å². The predicted octanol–water partition coefficient (Wildman–Crippen LogP) is 0.775. The van der Waals surface area contributed by atoms with Gasteiger partial charge >= 0.3 is 0 Å². The molecule has 5 N–H and O–H groups in total. The lowest BCUT2D eigenvalue weighted by atomic mass is 10.0. The van der Waals surface area contributed by atoms with Gasteiger partial charge in [-0.25, -0.2) is 0 Å². The highest BCUT2D eigenvalue weighted by atomic mass is 16.2. The summed E-state index contributed by atoms with van der Waals surface area (Å²) in [5, 5.41) is 2.75. The number of amides is 2. The van der Waals surface area contributed by atoms with E-state index in [1.165, 1.54) is 0 Å². The number of carbonyl (C=O) groups is 2. The van der Waals surface area contributed by atoms with E-state index in [4.69, 9.17) is 11.5 Å². The molecule has 0 aromatic heterocycles. The lowest BCUT2D eigenvalue weighted by Gasteiger charge is -2.14. The molecule has 1 atom stereocenters. The Morgan fingerprint density at radius 2 is 2.00 bits per heavy atom. The van der Waals surface area contributed by atoms with Gasteiger partial charge in [0.25, 0.3) is 0 Å². The van der Waals surface area contributed by atoms with Crippen LogP contribution in [0, 0.1) is 5.92 Å². The van der Waals surface area contributed by atoms with Crippen LogP contribution in [0.1, 0.15) is 36.2 Å². The highest BCUT2D eigenvalue weighted by molar-refractivity contribution is 5.92. The van der Waals surface area contributed by atoms with Crippen molar-refractivity contribution < 1.29 is 9.59 Å². The van der Waals surface area contributed by atoms with Gasteiger partial charge in [-0.2, -0.15) is 0 Å². The molecule has 0 radical (unpaired) electrons. The summed E-state index contributed by atoms with van der Waals surface area (Å²) in [6.07, 6.45) is 0.646. The number of hydrogen-bond acceptors (Lipinski definition) is 3. The fourth-order valence-electron chi connectivity index (χ4n) is 1.77. The van der Waals surface area contributed by atoms with Crippen LogP contribution < -0.4 is 16.8 Å². The Morgan fingerprint density at radius 3 is 2.58 bits per heavy atom. The number of hydrogen-bond donors (Lipinski definition) is 3. The molecule has 2 amide bonds. The molecule has 0 aliphatic heterocycles. The van der Waals surface area contributed by atoms with E-state index in [9.17, 15) is 9.59 Å². The van der Waals surface area contributed by atoms with E-state index < -0.39 is 11.9 Å². The summed E-state index contributed by atoms with van der Waals surface area (Å²) in [5.74, 6) is -0.290. The Labute approximate surface area is 113 Å². The number of rotatable bonds is 6. The Balaban J connectivity index is 2.54. The number of carbonyl (C=O) groups excluding carboxylic acids is 2. The van der Waals surface area contributed by atoms with Gasteiger partial charge in [0.05, 0.1) is 6.04 Å². The smallest absolute Gasteiger partial charge is 0.248 e. The van der Waals surface area contributed by atoms with Gasteiger partial charge in [-0.05, 0) is 30.0 Å². The second-order valence-electron chi connectivity index (χ2n) is 5.02. The van der Waals surface area contributed by atoms with E-state index in [0.29, 0.717) is 24.4 Å². The molecule has 19 heavy (non-hydrogen) atoms. The second kappa shape index (κ2) is 6.89. The van der Waals surface area contributed by atoms with Gasteiger partial charge in [-0.3, -0.25) is 9.59 Å². The number of nitrogens with one attached hydrogen (secondary N) is 1. The molecule has 1 aromatic rings. The first kappa shape index (κ1) is 15.2. The molecule has 0 aliphatic carbocycles. The normalized spacial score (nSPS) is 12.2. The largest absolute Gasteiger partial charge is 0.366 e. The summed E-state index contributed by atoms with van der Waals surface area (Å²) in [5.41, 5.74) is 12.2. The molecule has 5 heteroatoms. The molecule has 0 heterocycles. The van der Waals surface area contributed by atoms with Crippen molar-refractivity contribution in [2.24, 2.45) is 17.4 Å². The third kappa shape index (κ3) is 5.09. The molecular formula is C14H21N3O2. The molecule has 0 bridgehead atoms. The Bertz CT molecular complexity index is 458. The van der Waals surface area contributed by atoms with Crippen LogP contribution in [0.15, 0.2) is 24.3 Å². The molecule has 0 saturated carbocycles. The second-order valence-corrected chi connectivity index (χ2v) is 5.02. The molecule has 5 nitrogen and oxygen atoms in total. The number of nitrogens with two attached hydrogens (primary N) is 2. The van der Waals surface area contributed by atoms with Crippen molar-refractivity contribution in [3.63, 3.8) is 0 Å². The minimum Gasteiger partial charge on any atom is -0.366 e. The summed E-state index contributed by atoms with van der Waals surface area (Å²) < 4.78 is 0. The van der Waals surface area contributed by atoms with Gasteiger partial charge in [0.2, 0.25) is 11.8 Å².